The molecular weight excluding hydrogens is 256 g/mol. The molecule has 0 saturated heterocycles. The molecule has 2 aromatic rings. The molecule has 92 valence electrons. The normalized spacial score (nSPS) is 13.1. The van der Waals surface area contributed by atoms with Gasteiger partial charge in [0.1, 0.15) is 0 Å². The molecule has 1 aliphatic rings. The van der Waals surface area contributed by atoms with Crippen LogP contribution in [0.3, 0.4) is 0 Å². The molecule has 2 nitrogen and oxygen atoms in total. The van der Waals surface area contributed by atoms with Crippen molar-refractivity contribution in [2.45, 2.75) is 6.42 Å². The van der Waals surface area contributed by atoms with E-state index < -0.39 is 0 Å². The van der Waals surface area contributed by atoms with Gasteiger partial charge in [-0.2, -0.15) is 5.26 Å². The molecule has 0 heterocycles. The van der Waals surface area contributed by atoms with Crippen molar-refractivity contribution >= 4 is 23.0 Å². The number of benzene rings is 2. The van der Waals surface area contributed by atoms with Crippen molar-refractivity contribution in [1.29, 1.82) is 5.26 Å². The lowest BCUT2D eigenvalue weighted by Crippen LogP contribution is -1.98. The lowest BCUT2D eigenvalue weighted by molar-refractivity contribution is 1.24. The zero-order valence-electron chi connectivity index (χ0n) is 10.2. The number of nitrogens with zero attached hydrogens (tertiary/aromatic N) is 1. The van der Waals surface area contributed by atoms with Crippen molar-refractivity contribution in [3.8, 4) is 6.07 Å². The zero-order valence-corrected chi connectivity index (χ0v) is 10.9. The van der Waals surface area contributed by atoms with Crippen LogP contribution in [0.15, 0.2) is 54.1 Å². The summed E-state index contributed by atoms with van der Waals surface area (Å²) in [6.45, 7) is 0. The molecule has 0 atom stereocenters. The highest BCUT2D eigenvalue weighted by Gasteiger charge is 2.20. The van der Waals surface area contributed by atoms with Gasteiger partial charge in [0, 0.05) is 22.7 Å². The van der Waals surface area contributed by atoms with Crippen LogP contribution in [-0.2, 0) is 6.42 Å². The van der Waals surface area contributed by atoms with Gasteiger partial charge < -0.3 is 5.32 Å². The number of halogens is 1. The van der Waals surface area contributed by atoms with Gasteiger partial charge in [-0.25, -0.2) is 0 Å². The third-order valence-electron chi connectivity index (χ3n) is 3.20. The number of anilines is 1. The van der Waals surface area contributed by atoms with Gasteiger partial charge in [0.25, 0.3) is 0 Å². The van der Waals surface area contributed by atoms with Crippen LogP contribution in [0.5, 0.6) is 0 Å². The van der Waals surface area contributed by atoms with Crippen LogP contribution in [0, 0.1) is 11.3 Å². The van der Waals surface area contributed by atoms with E-state index in [1.807, 2.05) is 42.5 Å². The molecule has 3 rings (SSSR count). The molecule has 1 N–H and O–H groups in total. The molecule has 3 heteroatoms. The summed E-state index contributed by atoms with van der Waals surface area (Å²) in [4.78, 5) is 0. The first-order chi connectivity index (χ1) is 9.28. The summed E-state index contributed by atoms with van der Waals surface area (Å²) < 4.78 is 0. The molecule has 0 spiro atoms. The summed E-state index contributed by atoms with van der Waals surface area (Å²) in [5.41, 5.74) is 4.91. The fourth-order valence-electron chi connectivity index (χ4n) is 2.28. The van der Waals surface area contributed by atoms with Crippen molar-refractivity contribution in [3.05, 3.63) is 70.3 Å². The Morgan fingerprint density at radius 2 is 1.79 bits per heavy atom. The Morgan fingerprint density at radius 1 is 1.05 bits per heavy atom. The largest absolute Gasteiger partial charge is 0.354 e. The molecule has 0 aromatic heterocycles. The van der Waals surface area contributed by atoms with Gasteiger partial charge >= 0.3 is 0 Å². The summed E-state index contributed by atoms with van der Waals surface area (Å²) in [6, 6.07) is 17.8. The molecule has 0 fully saturated rings. The fourth-order valence-corrected chi connectivity index (χ4v) is 2.40. The van der Waals surface area contributed by atoms with Gasteiger partial charge in [-0.15, -0.1) is 0 Å². The van der Waals surface area contributed by atoms with Gasteiger partial charge in [-0.05, 0) is 29.8 Å². The Balaban J connectivity index is 1.99. The van der Waals surface area contributed by atoms with E-state index in [9.17, 15) is 5.26 Å². The van der Waals surface area contributed by atoms with Crippen molar-refractivity contribution in [3.63, 3.8) is 0 Å². The summed E-state index contributed by atoms with van der Waals surface area (Å²) in [5, 5.41) is 13.3. The molecular formula is C16H11ClN2. The summed E-state index contributed by atoms with van der Waals surface area (Å²) >= 11 is 5.87. The minimum Gasteiger partial charge on any atom is -0.354 e. The number of hydrogen-bond acceptors (Lipinski definition) is 2. The van der Waals surface area contributed by atoms with Crippen LogP contribution in [0.2, 0.25) is 5.02 Å². The number of nitrogens with one attached hydrogen (secondary N) is 1. The number of nitriles is 1. The SMILES string of the molecule is N#CC1=C(Nc2ccc(Cl)cc2)c2ccccc2C1. The van der Waals surface area contributed by atoms with Gasteiger partial charge in [0.2, 0.25) is 0 Å². The molecule has 0 saturated carbocycles. The second kappa shape index (κ2) is 4.79. The summed E-state index contributed by atoms with van der Waals surface area (Å²) in [7, 11) is 0. The van der Waals surface area contributed by atoms with Crippen LogP contribution in [-0.4, -0.2) is 0 Å². The Hall–Kier alpha value is -2.24. The highest BCUT2D eigenvalue weighted by molar-refractivity contribution is 6.30. The van der Waals surface area contributed by atoms with Gasteiger partial charge in [0.15, 0.2) is 0 Å². The summed E-state index contributed by atoms with van der Waals surface area (Å²) in [5.74, 6) is 0. The fraction of sp³-hybridized carbons (Fsp3) is 0.0625. The molecule has 0 radical (unpaired) electrons. The second-order valence-electron chi connectivity index (χ2n) is 4.43. The van der Waals surface area contributed by atoms with E-state index in [2.05, 4.69) is 17.5 Å². The third-order valence-corrected chi connectivity index (χ3v) is 3.46. The molecule has 0 unspecified atom stereocenters. The van der Waals surface area contributed by atoms with E-state index in [1.165, 1.54) is 5.56 Å². The topological polar surface area (TPSA) is 35.8 Å². The Morgan fingerprint density at radius 3 is 2.53 bits per heavy atom. The Kier molecular flexibility index (Phi) is 2.98. The van der Waals surface area contributed by atoms with E-state index in [0.29, 0.717) is 11.4 Å². The first kappa shape index (κ1) is 11.8. The van der Waals surface area contributed by atoms with E-state index in [1.54, 1.807) is 0 Å². The number of hydrogen-bond donors (Lipinski definition) is 1. The van der Waals surface area contributed by atoms with Crippen LogP contribution in [0.1, 0.15) is 11.1 Å². The summed E-state index contributed by atoms with van der Waals surface area (Å²) in [6.07, 6.45) is 0.697. The lowest BCUT2D eigenvalue weighted by atomic mass is 10.1. The standard InChI is InChI=1S/C16H11ClN2/c17-13-5-7-14(8-6-13)19-16-12(10-18)9-11-3-1-2-4-15(11)16/h1-8,19H,9H2. The van der Waals surface area contributed by atoms with Crippen molar-refractivity contribution in [2.24, 2.45) is 0 Å². The first-order valence-electron chi connectivity index (χ1n) is 6.02. The molecule has 0 bridgehead atoms. The highest BCUT2D eigenvalue weighted by atomic mass is 35.5. The van der Waals surface area contributed by atoms with Crippen LogP contribution >= 0.6 is 11.6 Å². The Bertz CT molecular complexity index is 693. The number of fused-ring (bicyclic) bond motifs is 1. The van der Waals surface area contributed by atoms with Crippen molar-refractivity contribution in [2.75, 3.05) is 5.32 Å². The highest BCUT2D eigenvalue weighted by Crippen LogP contribution is 2.33. The smallest absolute Gasteiger partial charge is 0.0972 e. The van der Waals surface area contributed by atoms with Gasteiger partial charge in [0.05, 0.1) is 17.3 Å². The maximum atomic E-state index is 9.26. The average molecular weight is 267 g/mol. The maximum Gasteiger partial charge on any atom is 0.0972 e. The van der Waals surface area contributed by atoms with Crippen molar-refractivity contribution < 1.29 is 0 Å². The minimum atomic E-state index is 0.697. The van der Waals surface area contributed by atoms with E-state index in [0.717, 1.165) is 22.5 Å². The van der Waals surface area contributed by atoms with E-state index in [4.69, 9.17) is 11.6 Å². The van der Waals surface area contributed by atoms with Crippen LogP contribution < -0.4 is 5.32 Å². The van der Waals surface area contributed by atoms with Gasteiger partial charge in [-0.1, -0.05) is 35.9 Å². The second-order valence-corrected chi connectivity index (χ2v) is 4.87. The maximum absolute atomic E-state index is 9.26. The zero-order chi connectivity index (χ0) is 13.2. The number of rotatable bonds is 2. The quantitative estimate of drug-likeness (QED) is 0.882. The van der Waals surface area contributed by atoms with Gasteiger partial charge in [-0.3, -0.25) is 0 Å². The van der Waals surface area contributed by atoms with Crippen LogP contribution in [0.4, 0.5) is 5.69 Å². The van der Waals surface area contributed by atoms with Crippen molar-refractivity contribution in [1.82, 2.24) is 0 Å². The molecule has 1 aliphatic carbocycles. The number of allylic oxidation sites excluding steroid dienone is 1. The minimum absolute atomic E-state index is 0.697. The molecule has 19 heavy (non-hydrogen) atoms. The van der Waals surface area contributed by atoms with E-state index in [-0.39, 0.29) is 0 Å². The Labute approximate surface area is 116 Å². The predicted molar refractivity (Wildman–Crippen MR) is 77.8 cm³/mol. The monoisotopic (exact) mass is 266 g/mol. The molecule has 2 aromatic carbocycles. The lowest BCUT2D eigenvalue weighted by Gasteiger charge is -2.10. The third kappa shape index (κ3) is 2.21. The first-order valence-corrected chi connectivity index (χ1v) is 6.40. The molecule has 0 aliphatic heterocycles. The molecule has 0 amide bonds. The van der Waals surface area contributed by atoms with Crippen LogP contribution in [0.25, 0.3) is 5.70 Å². The average Bonchev–Trinajstić information content (AvgIpc) is 2.79. The van der Waals surface area contributed by atoms with E-state index >= 15 is 0 Å². The predicted octanol–water partition coefficient (Wildman–Crippen LogP) is 4.24.